The second-order valence-electron chi connectivity index (χ2n) is 3.96. The molecule has 0 N–H and O–H groups in total. The predicted molar refractivity (Wildman–Crippen MR) is 83.3 cm³/mol. The molecule has 0 radical (unpaired) electrons. The zero-order valence-electron chi connectivity index (χ0n) is 11.1. The summed E-state index contributed by atoms with van der Waals surface area (Å²) >= 11 is 11.9. The molecule has 0 aliphatic rings. The van der Waals surface area contributed by atoms with E-state index in [0.29, 0.717) is 21.5 Å². The molecule has 0 saturated carbocycles. The molecule has 2 aromatic rings. The SMILES string of the molecule is COc1ccc(N=Cc2ccc(Cl)cc2Cl)cc1OC. The molecule has 0 aliphatic carbocycles. The lowest BCUT2D eigenvalue weighted by Gasteiger charge is -2.07. The number of methoxy groups -OCH3 is 2. The maximum atomic E-state index is 6.08. The standard InChI is InChI=1S/C15H13Cl2NO2/c1-19-14-6-5-12(8-15(14)20-2)18-9-10-3-4-11(16)7-13(10)17/h3-9H,1-2H3. The molecule has 0 unspecified atom stereocenters. The van der Waals surface area contributed by atoms with Gasteiger partial charge in [0.05, 0.1) is 24.9 Å². The number of hydrogen-bond acceptors (Lipinski definition) is 3. The van der Waals surface area contributed by atoms with Crippen LogP contribution in [0.4, 0.5) is 5.69 Å². The maximum absolute atomic E-state index is 6.08. The van der Waals surface area contributed by atoms with E-state index in [4.69, 9.17) is 32.7 Å². The van der Waals surface area contributed by atoms with Crippen LogP contribution in [-0.2, 0) is 0 Å². The van der Waals surface area contributed by atoms with E-state index in [0.717, 1.165) is 11.3 Å². The van der Waals surface area contributed by atoms with E-state index in [2.05, 4.69) is 4.99 Å². The maximum Gasteiger partial charge on any atom is 0.162 e. The van der Waals surface area contributed by atoms with Gasteiger partial charge in [-0.25, -0.2) is 0 Å². The summed E-state index contributed by atoms with van der Waals surface area (Å²) in [5, 5.41) is 1.15. The first-order valence-electron chi connectivity index (χ1n) is 5.85. The van der Waals surface area contributed by atoms with Gasteiger partial charge in [0.2, 0.25) is 0 Å². The van der Waals surface area contributed by atoms with Crippen molar-refractivity contribution in [1.29, 1.82) is 0 Å². The molecule has 0 aromatic heterocycles. The van der Waals surface area contributed by atoms with Crippen LogP contribution < -0.4 is 9.47 Å². The van der Waals surface area contributed by atoms with Gasteiger partial charge in [-0.15, -0.1) is 0 Å². The van der Waals surface area contributed by atoms with Crippen LogP contribution in [0.1, 0.15) is 5.56 Å². The van der Waals surface area contributed by atoms with E-state index >= 15 is 0 Å². The van der Waals surface area contributed by atoms with Gasteiger partial charge in [-0.2, -0.15) is 0 Å². The molecule has 0 amide bonds. The summed E-state index contributed by atoms with van der Waals surface area (Å²) in [6, 6.07) is 10.7. The number of benzene rings is 2. The Hall–Kier alpha value is -1.71. The first kappa shape index (κ1) is 14.7. The molecule has 0 atom stereocenters. The highest BCUT2D eigenvalue weighted by molar-refractivity contribution is 6.36. The third-order valence-corrected chi connectivity index (χ3v) is 3.24. The molecule has 0 fully saturated rings. The van der Waals surface area contributed by atoms with Crippen LogP contribution >= 0.6 is 23.2 Å². The first-order chi connectivity index (χ1) is 9.63. The summed E-state index contributed by atoms with van der Waals surface area (Å²) in [6.07, 6.45) is 1.68. The second kappa shape index (κ2) is 6.64. The molecular weight excluding hydrogens is 297 g/mol. The number of hydrogen-bond donors (Lipinski definition) is 0. The highest BCUT2D eigenvalue weighted by atomic mass is 35.5. The average molecular weight is 310 g/mol. The largest absolute Gasteiger partial charge is 0.493 e. The van der Waals surface area contributed by atoms with E-state index in [1.165, 1.54) is 0 Å². The fourth-order valence-electron chi connectivity index (χ4n) is 1.66. The number of nitrogens with zero attached hydrogens (tertiary/aromatic N) is 1. The van der Waals surface area contributed by atoms with Crippen molar-refractivity contribution in [2.45, 2.75) is 0 Å². The van der Waals surface area contributed by atoms with Crippen molar-refractivity contribution >= 4 is 35.1 Å². The fraction of sp³-hybridized carbons (Fsp3) is 0.133. The van der Waals surface area contributed by atoms with Crippen LogP contribution in [0.2, 0.25) is 10.0 Å². The van der Waals surface area contributed by atoms with Gasteiger partial charge in [0.1, 0.15) is 0 Å². The third kappa shape index (κ3) is 3.44. The molecule has 0 heterocycles. The zero-order chi connectivity index (χ0) is 14.5. The van der Waals surface area contributed by atoms with Crippen molar-refractivity contribution in [2.24, 2.45) is 4.99 Å². The Morgan fingerprint density at radius 3 is 2.35 bits per heavy atom. The fourth-order valence-corrected chi connectivity index (χ4v) is 2.11. The third-order valence-electron chi connectivity index (χ3n) is 2.68. The molecule has 0 saturated heterocycles. The molecule has 5 heteroatoms. The molecule has 2 aromatic carbocycles. The van der Waals surface area contributed by atoms with Crippen LogP contribution in [-0.4, -0.2) is 20.4 Å². The normalized spacial score (nSPS) is 10.8. The average Bonchev–Trinajstić information content (AvgIpc) is 2.46. The monoisotopic (exact) mass is 309 g/mol. The smallest absolute Gasteiger partial charge is 0.162 e. The van der Waals surface area contributed by atoms with Gasteiger partial charge in [0.15, 0.2) is 11.5 Å². The summed E-state index contributed by atoms with van der Waals surface area (Å²) < 4.78 is 10.4. The van der Waals surface area contributed by atoms with Gasteiger partial charge in [0.25, 0.3) is 0 Å². The minimum Gasteiger partial charge on any atom is -0.493 e. The van der Waals surface area contributed by atoms with Crippen molar-refractivity contribution in [3.63, 3.8) is 0 Å². The van der Waals surface area contributed by atoms with Crippen LogP contribution in [0.25, 0.3) is 0 Å². The predicted octanol–water partition coefficient (Wildman–Crippen LogP) is 4.76. The Morgan fingerprint density at radius 2 is 1.70 bits per heavy atom. The highest BCUT2D eigenvalue weighted by Crippen LogP contribution is 2.31. The van der Waals surface area contributed by atoms with Crippen LogP contribution in [0.15, 0.2) is 41.4 Å². The van der Waals surface area contributed by atoms with E-state index in [9.17, 15) is 0 Å². The van der Waals surface area contributed by atoms with Crippen LogP contribution in [0.3, 0.4) is 0 Å². The van der Waals surface area contributed by atoms with Gasteiger partial charge in [-0.1, -0.05) is 29.3 Å². The number of ether oxygens (including phenoxy) is 2. The minimum atomic E-state index is 0.557. The van der Waals surface area contributed by atoms with Gasteiger partial charge >= 0.3 is 0 Å². The van der Waals surface area contributed by atoms with Crippen molar-refractivity contribution in [2.75, 3.05) is 14.2 Å². The Labute approximate surface area is 127 Å². The summed E-state index contributed by atoms with van der Waals surface area (Å²) in [6.45, 7) is 0. The van der Waals surface area contributed by atoms with E-state index in [1.807, 2.05) is 12.1 Å². The molecule has 2 rings (SSSR count). The summed E-state index contributed by atoms with van der Waals surface area (Å²) in [5.74, 6) is 1.29. The Kier molecular flexibility index (Phi) is 4.88. The van der Waals surface area contributed by atoms with Crippen molar-refractivity contribution < 1.29 is 9.47 Å². The highest BCUT2D eigenvalue weighted by Gasteiger charge is 2.04. The van der Waals surface area contributed by atoms with Crippen LogP contribution in [0, 0.1) is 0 Å². The molecule has 0 spiro atoms. The van der Waals surface area contributed by atoms with Crippen molar-refractivity contribution in [3.8, 4) is 11.5 Å². The van der Waals surface area contributed by atoms with Crippen molar-refractivity contribution in [3.05, 3.63) is 52.0 Å². The van der Waals surface area contributed by atoms with Crippen LogP contribution in [0.5, 0.6) is 11.5 Å². The molecule has 20 heavy (non-hydrogen) atoms. The van der Waals surface area contributed by atoms with E-state index in [-0.39, 0.29) is 0 Å². The molecule has 0 bridgehead atoms. The second-order valence-corrected chi connectivity index (χ2v) is 4.81. The molecule has 104 valence electrons. The van der Waals surface area contributed by atoms with Gasteiger partial charge < -0.3 is 9.47 Å². The topological polar surface area (TPSA) is 30.8 Å². The summed E-state index contributed by atoms with van der Waals surface area (Å²) in [7, 11) is 3.18. The quantitative estimate of drug-likeness (QED) is 0.762. The van der Waals surface area contributed by atoms with Gasteiger partial charge in [-0.3, -0.25) is 4.99 Å². The number of rotatable bonds is 4. The zero-order valence-corrected chi connectivity index (χ0v) is 12.6. The number of aliphatic imine (C=N–C) groups is 1. The molecule has 3 nitrogen and oxygen atoms in total. The first-order valence-corrected chi connectivity index (χ1v) is 6.61. The summed E-state index contributed by atoms with van der Waals surface area (Å²) in [5.41, 5.74) is 1.54. The van der Waals surface area contributed by atoms with Crippen molar-refractivity contribution in [1.82, 2.24) is 0 Å². The lowest BCUT2D eigenvalue weighted by molar-refractivity contribution is 0.355. The van der Waals surface area contributed by atoms with E-state index in [1.54, 1.807) is 44.7 Å². The van der Waals surface area contributed by atoms with E-state index < -0.39 is 0 Å². The Bertz CT molecular complexity index is 642. The Balaban J connectivity index is 2.27. The Morgan fingerprint density at radius 1 is 0.950 bits per heavy atom. The summed E-state index contributed by atoms with van der Waals surface area (Å²) in [4.78, 5) is 4.36. The minimum absolute atomic E-state index is 0.557. The lowest BCUT2D eigenvalue weighted by Crippen LogP contribution is -1.89. The van der Waals surface area contributed by atoms with Gasteiger partial charge in [0, 0.05) is 22.9 Å². The molecule has 0 aliphatic heterocycles. The molecular formula is C15H13Cl2NO2. The number of halogens is 2. The van der Waals surface area contributed by atoms with Gasteiger partial charge in [-0.05, 0) is 24.3 Å². The lowest BCUT2D eigenvalue weighted by atomic mass is 10.2.